The predicted octanol–water partition coefficient (Wildman–Crippen LogP) is -0.719. The molecule has 0 saturated heterocycles. The van der Waals surface area contributed by atoms with Crippen LogP contribution in [0.5, 0.6) is 0 Å². The van der Waals surface area contributed by atoms with E-state index >= 15 is 0 Å². The second kappa shape index (κ2) is 2.22. The number of rotatable bonds is 2. The third-order valence-corrected chi connectivity index (χ3v) is 1.70. The van der Waals surface area contributed by atoms with Gasteiger partial charge < -0.3 is 14.0 Å². The van der Waals surface area contributed by atoms with Crippen LogP contribution in [0.2, 0.25) is 0 Å². The van der Waals surface area contributed by atoms with E-state index in [9.17, 15) is 0 Å². The highest BCUT2D eigenvalue weighted by atomic mass is 28.4. The van der Waals surface area contributed by atoms with Gasteiger partial charge in [-0.15, -0.1) is 0 Å². The van der Waals surface area contributed by atoms with Gasteiger partial charge in [0.1, 0.15) is 0 Å². The summed E-state index contributed by atoms with van der Waals surface area (Å²) in [5.74, 6) is 0. The van der Waals surface area contributed by atoms with Crippen LogP contribution in [-0.2, 0) is 4.43 Å². The van der Waals surface area contributed by atoms with Gasteiger partial charge in [0.05, 0.1) is 0 Å². The molecule has 0 aromatic heterocycles. The Kier molecular flexibility index (Phi) is 2.17. The Bertz CT molecular complexity index is 70.6. The fraction of sp³-hybridized carbons (Fsp3) is 0.333. The van der Waals surface area contributed by atoms with Crippen molar-refractivity contribution in [1.82, 2.24) is 0 Å². The van der Waals surface area contributed by atoms with Crippen LogP contribution in [0.15, 0.2) is 12.3 Å². The monoisotopic (exact) mass is 120 g/mol. The molecule has 0 aromatic rings. The SMILES string of the molecule is C=C[Si](O)(O)OC. The Morgan fingerprint density at radius 2 is 2.14 bits per heavy atom. The van der Waals surface area contributed by atoms with Gasteiger partial charge in [0, 0.05) is 7.11 Å². The molecule has 0 aliphatic rings. The van der Waals surface area contributed by atoms with E-state index < -0.39 is 8.80 Å². The number of hydrogen-bond acceptors (Lipinski definition) is 3. The molecule has 0 bridgehead atoms. The molecular weight excluding hydrogens is 112 g/mol. The first kappa shape index (κ1) is 6.84. The van der Waals surface area contributed by atoms with Crippen LogP contribution in [0.3, 0.4) is 0 Å². The van der Waals surface area contributed by atoms with Gasteiger partial charge in [-0.2, -0.15) is 0 Å². The van der Waals surface area contributed by atoms with Crippen molar-refractivity contribution < 1.29 is 14.0 Å². The lowest BCUT2D eigenvalue weighted by atomic mass is 11.3. The van der Waals surface area contributed by atoms with E-state index in [0.29, 0.717) is 0 Å². The van der Waals surface area contributed by atoms with Gasteiger partial charge in [0.25, 0.3) is 0 Å². The highest BCUT2D eigenvalue weighted by molar-refractivity contribution is 6.63. The summed E-state index contributed by atoms with van der Waals surface area (Å²) in [4.78, 5) is 17.0. The molecule has 0 rings (SSSR count). The van der Waals surface area contributed by atoms with E-state index in [2.05, 4.69) is 11.0 Å². The van der Waals surface area contributed by atoms with Gasteiger partial charge in [-0.05, 0) is 5.70 Å². The summed E-state index contributed by atoms with van der Waals surface area (Å²) in [7, 11) is -2.16. The topological polar surface area (TPSA) is 49.7 Å². The summed E-state index contributed by atoms with van der Waals surface area (Å²) < 4.78 is 4.22. The Balaban J connectivity index is 3.58. The maximum absolute atomic E-state index is 8.49. The second-order valence-corrected chi connectivity index (χ2v) is 3.20. The molecule has 0 aliphatic heterocycles. The summed E-state index contributed by atoms with van der Waals surface area (Å²) in [6.45, 7) is 3.14. The first-order valence-electron chi connectivity index (χ1n) is 1.76. The molecule has 4 heteroatoms. The van der Waals surface area contributed by atoms with Crippen molar-refractivity contribution in [2.24, 2.45) is 0 Å². The van der Waals surface area contributed by atoms with Crippen LogP contribution in [0.4, 0.5) is 0 Å². The molecule has 0 unspecified atom stereocenters. The maximum Gasteiger partial charge on any atom is 0.523 e. The zero-order chi connectivity index (χ0) is 5.91. The molecule has 0 aliphatic carbocycles. The quantitative estimate of drug-likeness (QED) is 0.473. The molecule has 0 heterocycles. The molecule has 0 aromatic carbocycles. The molecule has 0 atom stereocenters. The van der Waals surface area contributed by atoms with Gasteiger partial charge in [0.2, 0.25) is 0 Å². The van der Waals surface area contributed by atoms with Crippen LogP contribution < -0.4 is 0 Å². The van der Waals surface area contributed by atoms with Gasteiger partial charge in [-0.25, -0.2) is 0 Å². The third kappa shape index (κ3) is 2.52. The zero-order valence-corrected chi connectivity index (χ0v) is 5.09. The lowest BCUT2D eigenvalue weighted by Crippen LogP contribution is -2.34. The van der Waals surface area contributed by atoms with E-state index in [1.54, 1.807) is 0 Å². The molecule has 0 spiro atoms. The van der Waals surface area contributed by atoms with Gasteiger partial charge in [-0.3, -0.25) is 0 Å². The van der Waals surface area contributed by atoms with E-state index in [-0.39, 0.29) is 0 Å². The molecule has 0 saturated carbocycles. The van der Waals surface area contributed by atoms with E-state index in [4.69, 9.17) is 9.59 Å². The minimum Gasteiger partial charge on any atom is -0.387 e. The molecule has 3 nitrogen and oxygen atoms in total. The van der Waals surface area contributed by atoms with E-state index in [0.717, 1.165) is 5.70 Å². The molecule has 0 amide bonds. The Labute approximate surface area is 43.2 Å². The molecule has 0 radical (unpaired) electrons. The average molecular weight is 120 g/mol. The van der Waals surface area contributed by atoms with Crippen LogP contribution in [0.25, 0.3) is 0 Å². The van der Waals surface area contributed by atoms with Crippen molar-refractivity contribution in [2.75, 3.05) is 7.11 Å². The molecular formula is C3H8O3Si. The Morgan fingerprint density at radius 3 is 2.14 bits per heavy atom. The summed E-state index contributed by atoms with van der Waals surface area (Å²) in [6, 6.07) is 0. The fourth-order valence-corrected chi connectivity index (χ4v) is 0.250. The average Bonchev–Trinajstić information content (AvgIpc) is 1.68. The smallest absolute Gasteiger partial charge is 0.387 e. The Hall–Kier alpha value is -0.163. The summed E-state index contributed by atoms with van der Waals surface area (Å²) >= 11 is 0. The van der Waals surface area contributed by atoms with Gasteiger partial charge in [-0.1, -0.05) is 6.58 Å². The lowest BCUT2D eigenvalue weighted by Gasteiger charge is -2.06. The van der Waals surface area contributed by atoms with Crippen LogP contribution in [0, 0.1) is 0 Å². The van der Waals surface area contributed by atoms with Crippen LogP contribution in [-0.4, -0.2) is 25.5 Å². The molecule has 2 N–H and O–H groups in total. The van der Waals surface area contributed by atoms with E-state index in [1.165, 1.54) is 7.11 Å². The Morgan fingerprint density at radius 1 is 1.71 bits per heavy atom. The second-order valence-electron chi connectivity index (χ2n) is 1.07. The van der Waals surface area contributed by atoms with Gasteiger partial charge in [0.15, 0.2) is 0 Å². The zero-order valence-electron chi connectivity index (χ0n) is 4.09. The lowest BCUT2D eigenvalue weighted by molar-refractivity contribution is 0.202. The van der Waals surface area contributed by atoms with Crippen molar-refractivity contribution in [3.8, 4) is 0 Å². The van der Waals surface area contributed by atoms with Gasteiger partial charge >= 0.3 is 8.80 Å². The third-order valence-electron chi connectivity index (χ3n) is 0.566. The first-order valence-corrected chi connectivity index (χ1v) is 3.64. The minimum absolute atomic E-state index is 1.02. The largest absolute Gasteiger partial charge is 0.523 e. The predicted molar refractivity (Wildman–Crippen MR) is 27.4 cm³/mol. The molecule has 42 valence electrons. The van der Waals surface area contributed by atoms with Crippen LogP contribution in [0.1, 0.15) is 0 Å². The molecule has 0 fully saturated rings. The van der Waals surface area contributed by atoms with Crippen molar-refractivity contribution in [3.05, 3.63) is 12.3 Å². The van der Waals surface area contributed by atoms with Crippen molar-refractivity contribution >= 4 is 8.80 Å². The first-order chi connectivity index (χ1) is 3.12. The van der Waals surface area contributed by atoms with Crippen molar-refractivity contribution in [2.45, 2.75) is 0 Å². The maximum atomic E-state index is 8.49. The minimum atomic E-state index is -3.39. The highest BCUT2D eigenvalue weighted by Gasteiger charge is 2.24. The van der Waals surface area contributed by atoms with Crippen molar-refractivity contribution in [3.63, 3.8) is 0 Å². The normalized spacial score (nSPS) is 11.3. The molecule has 7 heavy (non-hydrogen) atoms. The van der Waals surface area contributed by atoms with Crippen LogP contribution >= 0.6 is 0 Å². The standard InChI is InChI=1S/C3H8O3Si/c1-3-7(4,5)6-2/h3-5H,1H2,2H3. The summed E-state index contributed by atoms with van der Waals surface area (Å²) in [6.07, 6.45) is 0. The fourth-order valence-electron chi connectivity index (χ4n) is 0.0833. The highest BCUT2D eigenvalue weighted by Crippen LogP contribution is 1.90. The van der Waals surface area contributed by atoms with E-state index in [1.807, 2.05) is 0 Å². The summed E-state index contributed by atoms with van der Waals surface area (Å²) in [5.41, 5.74) is 1.02. The summed E-state index contributed by atoms with van der Waals surface area (Å²) in [5, 5.41) is 0. The number of hydrogen-bond donors (Lipinski definition) is 2. The van der Waals surface area contributed by atoms with Crippen molar-refractivity contribution in [1.29, 1.82) is 0 Å².